The Morgan fingerprint density at radius 2 is 1.82 bits per heavy atom. The van der Waals surface area contributed by atoms with Gasteiger partial charge in [0.25, 0.3) is 11.4 Å². The number of hydrogen-bond donors (Lipinski definition) is 0. The molecule has 0 spiro atoms. The van der Waals surface area contributed by atoms with Crippen molar-refractivity contribution in [3.05, 3.63) is 71.7 Å². The largest absolute Gasteiger partial charge is 0.284 e. The first-order valence-corrected chi connectivity index (χ1v) is 6.97. The second-order valence-electron chi connectivity index (χ2n) is 4.12. The number of hydrogen-bond acceptors (Lipinski definition) is 5. The van der Waals surface area contributed by atoms with Crippen molar-refractivity contribution in [1.29, 1.82) is 0 Å². The highest BCUT2D eigenvalue weighted by Gasteiger charge is 2.12. The van der Waals surface area contributed by atoms with E-state index in [-0.39, 0.29) is 22.1 Å². The lowest BCUT2D eigenvalue weighted by Gasteiger charge is -1.99. The molecule has 0 atom stereocenters. The van der Waals surface area contributed by atoms with Crippen molar-refractivity contribution >= 4 is 50.8 Å². The molecule has 0 heterocycles. The van der Waals surface area contributed by atoms with Gasteiger partial charge >= 0.3 is 0 Å². The number of benzene rings is 2. The molecule has 0 saturated heterocycles. The zero-order valence-corrected chi connectivity index (χ0v) is 13.1. The van der Waals surface area contributed by atoms with Crippen molar-refractivity contribution in [3.8, 4) is 0 Å². The van der Waals surface area contributed by atoms with Crippen LogP contribution in [0, 0.1) is 20.2 Å². The predicted molar refractivity (Wildman–Crippen MR) is 86.2 cm³/mol. The Morgan fingerprint density at radius 3 is 2.45 bits per heavy atom. The number of aliphatic imine (C=N–C) groups is 1. The van der Waals surface area contributed by atoms with Gasteiger partial charge < -0.3 is 0 Å². The minimum Gasteiger partial charge on any atom is -0.258 e. The quantitative estimate of drug-likeness (QED) is 0.434. The third-order valence-electron chi connectivity index (χ3n) is 2.66. The molecular weight excluding hydrogens is 378 g/mol. The fraction of sp³-hybridized carbons (Fsp3) is 0. The first kappa shape index (κ1) is 16.1. The van der Waals surface area contributed by atoms with E-state index >= 15 is 0 Å². The maximum absolute atomic E-state index is 10.9. The minimum atomic E-state index is -0.556. The lowest BCUT2D eigenvalue weighted by molar-refractivity contribution is -0.385. The van der Waals surface area contributed by atoms with E-state index in [9.17, 15) is 20.2 Å². The topological polar surface area (TPSA) is 98.6 Å². The van der Waals surface area contributed by atoms with Crippen molar-refractivity contribution in [2.45, 2.75) is 0 Å². The van der Waals surface area contributed by atoms with Crippen molar-refractivity contribution < 1.29 is 9.85 Å². The summed E-state index contributed by atoms with van der Waals surface area (Å²) in [7, 11) is 0. The highest BCUT2D eigenvalue weighted by molar-refractivity contribution is 9.10. The average Bonchev–Trinajstić information content (AvgIpc) is 2.47. The maximum atomic E-state index is 10.9. The minimum absolute atomic E-state index is 0.103. The lowest BCUT2D eigenvalue weighted by Crippen LogP contribution is -1.91. The van der Waals surface area contributed by atoms with E-state index in [2.05, 4.69) is 20.9 Å². The van der Waals surface area contributed by atoms with E-state index in [4.69, 9.17) is 11.6 Å². The summed E-state index contributed by atoms with van der Waals surface area (Å²) in [6.45, 7) is 0. The highest BCUT2D eigenvalue weighted by atomic mass is 79.9. The van der Waals surface area contributed by atoms with Crippen LogP contribution in [0.5, 0.6) is 0 Å². The normalized spacial score (nSPS) is 10.8. The summed E-state index contributed by atoms with van der Waals surface area (Å²) in [4.78, 5) is 24.6. The molecular formula is C13H7BrClN3O4. The molecule has 0 saturated carbocycles. The molecule has 0 N–H and O–H groups in total. The Labute approximate surface area is 137 Å². The highest BCUT2D eigenvalue weighted by Crippen LogP contribution is 2.30. The predicted octanol–water partition coefficient (Wildman–Crippen LogP) is 4.67. The molecule has 0 aliphatic carbocycles. The summed E-state index contributed by atoms with van der Waals surface area (Å²) < 4.78 is 0.350. The molecule has 0 aliphatic heterocycles. The third kappa shape index (κ3) is 3.66. The molecule has 7 nitrogen and oxygen atoms in total. The zero-order valence-electron chi connectivity index (χ0n) is 10.8. The van der Waals surface area contributed by atoms with Gasteiger partial charge in [0.15, 0.2) is 0 Å². The fourth-order valence-corrected chi connectivity index (χ4v) is 2.17. The van der Waals surface area contributed by atoms with E-state index in [0.29, 0.717) is 10.0 Å². The molecule has 2 aromatic carbocycles. The first-order chi connectivity index (χ1) is 10.4. The Hall–Kier alpha value is -2.32. The Bertz CT molecular complexity index is 795. The van der Waals surface area contributed by atoms with Crippen LogP contribution in [0.4, 0.5) is 17.1 Å². The monoisotopic (exact) mass is 383 g/mol. The zero-order chi connectivity index (χ0) is 16.3. The summed E-state index contributed by atoms with van der Waals surface area (Å²) >= 11 is 9.00. The SMILES string of the molecule is O=[N+]([O-])c1ccc(Cl)c(N=Cc2ccc(Br)c([N+](=O)[O-])c2)c1. The standard InChI is InChI=1S/C13H7BrClN3O4/c14-10-3-1-8(5-13(10)18(21)22)7-16-12-6-9(17(19)20)2-4-11(12)15/h1-7H. The van der Waals surface area contributed by atoms with Gasteiger partial charge in [-0.1, -0.05) is 17.7 Å². The molecule has 0 amide bonds. The summed E-state index contributed by atoms with van der Waals surface area (Å²) in [6, 6.07) is 8.34. The molecule has 9 heteroatoms. The molecule has 0 bridgehead atoms. The van der Waals surface area contributed by atoms with Gasteiger partial charge in [0.05, 0.1) is 25.0 Å². The van der Waals surface area contributed by atoms with E-state index in [0.717, 1.165) is 0 Å². The average molecular weight is 385 g/mol. The molecule has 2 aromatic rings. The molecule has 112 valence electrons. The number of nitro benzene ring substituents is 2. The molecule has 0 fully saturated rings. The second kappa shape index (κ2) is 6.63. The van der Waals surface area contributed by atoms with Gasteiger partial charge in [-0.3, -0.25) is 25.2 Å². The van der Waals surface area contributed by atoms with Gasteiger partial charge in [0.2, 0.25) is 0 Å². The number of non-ortho nitro benzene ring substituents is 1. The van der Waals surface area contributed by atoms with Crippen LogP contribution < -0.4 is 0 Å². The molecule has 0 unspecified atom stereocenters. The summed E-state index contributed by atoms with van der Waals surface area (Å²) in [5, 5.41) is 21.8. The second-order valence-corrected chi connectivity index (χ2v) is 5.38. The van der Waals surface area contributed by atoms with Crippen molar-refractivity contribution in [2.75, 3.05) is 0 Å². The van der Waals surface area contributed by atoms with Crippen LogP contribution in [-0.2, 0) is 0 Å². The van der Waals surface area contributed by atoms with Crippen LogP contribution >= 0.6 is 27.5 Å². The summed E-state index contributed by atoms with van der Waals surface area (Å²) in [5.74, 6) is 0. The fourth-order valence-electron chi connectivity index (χ4n) is 1.61. The van der Waals surface area contributed by atoms with Gasteiger partial charge in [0.1, 0.15) is 0 Å². The van der Waals surface area contributed by atoms with Gasteiger partial charge in [-0.05, 0) is 33.6 Å². The van der Waals surface area contributed by atoms with E-state index in [1.54, 1.807) is 6.07 Å². The van der Waals surface area contributed by atoms with Crippen LogP contribution in [0.1, 0.15) is 5.56 Å². The number of nitro groups is 2. The van der Waals surface area contributed by atoms with Crippen molar-refractivity contribution in [1.82, 2.24) is 0 Å². The van der Waals surface area contributed by atoms with Gasteiger partial charge in [-0.25, -0.2) is 0 Å². The third-order valence-corrected chi connectivity index (χ3v) is 3.65. The molecule has 0 aromatic heterocycles. The van der Waals surface area contributed by atoms with Crippen molar-refractivity contribution in [3.63, 3.8) is 0 Å². The molecule has 0 aliphatic rings. The van der Waals surface area contributed by atoms with Crippen LogP contribution in [-0.4, -0.2) is 16.1 Å². The van der Waals surface area contributed by atoms with Crippen LogP contribution in [0.3, 0.4) is 0 Å². The Balaban J connectivity index is 2.36. The van der Waals surface area contributed by atoms with Crippen LogP contribution in [0.2, 0.25) is 5.02 Å². The summed E-state index contributed by atoms with van der Waals surface area (Å²) in [5.41, 5.74) is 0.436. The lowest BCUT2D eigenvalue weighted by atomic mass is 10.2. The molecule has 0 radical (unpaired) electrons. The number of halogens is 2. The van der Waals surface area contributed by atoms with Crippen LogP contribution in [0.25, 0.3) is 0 Å². The van der Waals surface area contributed by atoms with Gasteiger partial charge in [-0.2, -0.15) is 0 Å². The van der Waals surface area contributed by atoms with E-state index in [1.165, 1.54) is 36.5 Å². The summed E-state index contributed by atoms with van der Waals surface area (Å²) in [6.07, 6.45) is 1.35. The smallest absolute Gasteiger partial charge is 0.258 e. The van der Waals surface area contributed by atoms with Gasteiger partial charge in [0, 0.05) is 24.4 Å². The maximum Gasteiger partial charge on any atom is 0.284 e. The molecule has 2 rings (SSSR count). The van der Waals surface area contributed by atoms with Crippen molar-refractivity contribution in [2.24, 2.45) is 4.99 Å². The van der Waals surface area contributed by atoms with E-state index in [1.807, 2.05) is 0 Å². The molecule has 22 heavy (non-hydrogen) atoms. The first-order valence-electron chi connectivity index (χ1n) is 5.80. The Kier molecular flexibility index (Phi) is 4.84. The number of nitrogens with zero attached hydrogens (tertiary/aromatic N) is 3. The van der Waals surface area contributed by atoms with E-state index < -0.39 is 9.85 Å². The Morgan fingerprint density at radius 1 is 1.09 bits per heavy atom. The van der Waals surface area contributed by atoms with Crippen LogP contribution in [0.15, 0.2) is 45.9 Å². The number of rotatable bonds is 4. The van der Waals surface area contributed by atoms with Gasteiger partial charge in [-0.15, -0.1) is 0 Å².